The Kier molecular flexibility index (Phi) is 5.41. The van der Waals surface area contributed by atoms with Crippen LogP contribution in [0.4, 0.5) is 0 Å². The van der Waals surface area contributed by atoms with Gasteiger partial charge in [-0.1, -0.05) is 0 Å². The van der Waals surface area contributed by atoms with Crippen LogP contribution in [0.25, 0.3) is 11.0 Å². The zero-order valence-electron chi connectivity index (χ0n) is 15.2. The second-order valence-electron chi connectivity index (χ2n) is 6.49. The van der Waals surface area contributed by atoms with E-state index in [2.05, 4.69) is 9.97 Å². The van der Waals surface area contributed by atoms with E-state index in [1.807, 2.05) is 0 Å². The Morgan fingerprint density at radius 2 is 1.96 bits per heavy atom. The molecule has 0 radical (unpaired) electrons. The summed E-state index contributed by atoms with van der Waals surface area (Å²) in [5, 5.41) is 0. The van der Waals surface area contributed by atoms with Crippen molar-refractivity contribution in [3.8, 4) is 0 Å². The Morgan fingerprint density at radius 1 is 1.26 bits per heavy atom. The number of likely N-dealkylation sites (N-methyl/N-ethyl adjacent to an activating group) is 1. The molecule has 2 heterocycles. The van der Waals surface area contributed by atoms with Gasteiger partial charge in [0.1, 0.15) is 0 Å². The van der Waals surface area contributed by atoms with Crippen molar-refractivity contribution in [2.75, 3.05) is 18.1 Å². The van der Waals surface area contributed by atoms with Crippen LogP contribution in [-0.2, 0) is 19.4 Å². The number of fused-ring (bicyclic) bond motifs is 1. The summed E-state index contributed by atoms with van der Waals surface area (Å²) in [7, 11) is -3.11. The number of rotatable bonds is 5. The lowest BCUT2D eigenvalue weighted by atomic mass is 10.2. The maximum atomic E-state index is 12.7. The van der Waals surface area contributed by atoms with E-state index >= 15 is 0 Å². The van der Waals surface area contributed by atoms with Crippen LogP contribution in [0.2, 0.25) is 0 Å². The molecule has 1 aliphatic rings. The largest absolute Gasteiger partial charge is 0.449 e. The predicted octanol–water partition coefficient (Wildman–Crippen LogP) is 1.21. The van der Waals surface area contributed by atoms with Crippen LogP contribution in [0.1, 0.15) is 30.6 Å². The first-order valence-electron chi connectivity index (χ1n) is 8.73. The minimum absolute atomic E-state index is 0.0450. The molecule has 0 spiro atoms. The molecule has 0 unspecified atom stereocenters. The molecule has 8 nitrogen and oxygen atoms in total. The van der Waals surface area contributed by atoms with Crippen LogP contribution in [0, 0.1) is 0 Å². The number of benzene rings is 1. The maximum Gasteiger partial charge on any atom is 0.338 e. The van der Waals surface area contributed by atoms with Gasteiger partial charge in [0.25, 0.3) is 5.91 Å². The number of carbonyl (C=O) groups is 2. The second kappa shape index (κ2) is 7.59. The summed E-state index contributed by atoms with van der Waals surface area (Å²) in [5.74, 6) is -1.00. The van der Waals surface area contributed by atoms with E-state index < -0.39 is 27.8 Å². The molecule has 3 rings (SSSR count). The molecule has 1 aliphatic heterocycles. The van der Waals surface area contributed by atoms with Gasteiger partial charge in [0.05, 0.1) is 28.1 Å². The van der Waals surface area contributed by atoms with Gasteiger partial charge in [0, 0.05) is 25.0 Å². The molecule has 2 aromatic rings. The minimum atomic E-state index is -3.11. The molecule has 1 amide bonds. The van der Waals surface area contributed by atoms with Gasteiger partial charge in [-0.15, -0.1) is 0 Å². The highest BCUT2D eigenvalue weighted by Crippen LogP contribution is 2.19. The van der Waals surface area contributed by atoms with Gasteiger partial charge in [-0.05, 0) is 38.5 Å². The van der Waals surface area contributed by atoms with Crippen molar-refractivity contribution in [1.82, 2.24) is 14.9 Å². The summed E-state index contributed by atoms with van der Waals surface area (Å²) < 4.78 is 28.7. The molecular weight excluding hydrogens is 370 g/mol. The van der Waals surface area contributed by atoms with E-state index in [1.165, 1.54) is 18.0 Å². The van der Waals surface area contributed by atoms with E-state index in [4.69, 9.17) is 4.74 Å². The smallest absolute Gasteiger partial charge is 0.338 e. The van der Waals surface area contributed by atoms with Gasteiger partial charge in [0.2, 0.25) is 0 Å². The van der Waals surface area contributed by atoms with Crippen molar-refractivity contribution in [1.29, 1.82) is 0 Å². The van der Waals surface area contributed by atoms with Crippen LogP contribution < -0.4 is 0 Å². The Hall–Kier alpha value is -2.55. The van der Waals surface area contributed by atoms with Crippen LogP contribution in [0.5, 0.6) is 0 Å². The Balaban J connectivity index is 1.69. The molecule has 0 bridgehead atoms. The third-order valence-electron chi connectivity index (χ3n) is 4.61. The molecule has 144 valence electrons. The SMILES string of the molecule is CCN(C(=O)[C@@H](C)OC(=O)c1ccc2nccnc2c1)[C@H]1CCS(=O)(=O)C1. The summed E-state index contributed by atoms with van der Waals surface area (Å²) in [5.41, 5.74) is 1.48. The van der Waals surface area contributed by atoms with Crippen molar-refractivity contribution in [2.24, 2.45) is 0 Å². The number of nitrogens with zero attached hydrogens (tertiary/aromatic N) is 3. The monoisotopic (exact) mass is 391 g/mol. The number of sulfone groups is 1. The lowest BCUT2D eigenvalue weighted by molar-refractivity contribution is -0.141. The van der Waals surface area contributed by atoms with Crippen molar-refractivity contribution < 1.29 is 22.7 Å². The lowest BCUT2D eigenvalue weighted by Gasteiger charge is -2.29. The number of amides is 1. The van der Waals surface area contributed by atoms with E-state index in [9.17, 15) is 18.0 Å². The van der Waals surface area contributed by atoms with E-state index in [0.29, 0.717) is 24.0 Å². The van der Waals surface area contributed by atoms with Crippen molar-refractivity contribution in [3.05, 3.63) is 36.2 Å². The van der Waals surface area contributed by atoms with Crippen LogP contribution >= 0.6 is 0 Å². The number of carbonyl (C=O) groups excluding carboxylic acids is 2. The standard InChI is InChI=1S/C18H21N3O5S/c1-3-21(14-6-9-27(24,25)11-14)17(22)12(2)26-18(23)13-4-5-15-16(10-13)20-8-7-19-15/h4-5,7-8,10,12,14H,3,6,9,11H2,1-2H3/t12-,14+/m1/s1. The van der Waals surface area contributed by atoms with E-state index in [0.717, 1.165) is 0 Å². The average Bonchev–Trinajstić information content (AvgIpc) is 3.01. The molecular formula is C18H21N3O5S. The van der Waals surface area contributed by atoms with Gasteiger partial charge in [-0.2, -0.15) is 0 Å². The highest BCUT2D eigenvalue weighted by Gasteiger charge is 2.36. The van der Waals surface area contributed by atoms with Crippen molar-refractivity contribution in [3.63, 3.8) is 0 Å². The highest BCUT2D eigenvalue weighted by atomic mass is 32.2. The fraction of sp³-hybridized carbons (Fsp3) is 0.444. The maximum absolute atomic E-state index is 12.7. The summed E-state index contributed by atoms with van der Waals surface area (Å²) in [6, 6.07) is 4.41. The molecule has 9 heteroatoms. The highest BCUT2D eigenvalue weighted by molar-refractivity contribution is 7.91. The van der Waals surface area contributed by atoms with Crippen molar-refractivity contribution in [2.45, 2.75) is 32.4 Å². The zero-order valence-corrected chi connectivity index (χ0v) is 16.0. The first-order valence-corrected chi connectivity index (χ1v) is 10.6. The number of aromatic nitrogens is 2. The van der Waals surface area contributed by atoms with E-state index in [1.54, 1.807) is 31.3 Å². The predicted molar refractivity (Wildman–Crippen MR) is 98.9 cm³/mol. The summed E-state index contributed by atoms with van der Waals surface area (Å²) in [6.45, 7) is 3.62. The molecule has 1 aromatic carbocycles. The number of esters is 1. The zero-order chi connectivity index (χ0) is 19.6. The summed E-state index contributed by atoms with van der Waals surface area (Å²) in [4.78, 5) is 34.8. The van der Waals surface area contributed by atoms with E-state index in [-0.39, 0.29) is 23.1 Å². The molecule has 2 atom stereocenters. The van der Waals surface area contributed by atoms with Crippen LogP contribution in [0.3, 0.4) is 0 Å². The van der Waals surface area contributed by atoms with Gasteiger partial charge < -0.3 is 9.64 Å². The Morgan fingerprint density at radius 3 is 2.59 bits per heavy atom. The Bertz CT molecular complexity index is 976. The third-order valence-corrected chi connectivity index (χ3v) is 6.36. The number of ether oxygens (including phenoxy) is 1. The summed E-state index contributed by atoms with van der Waals surface area (Å²) >= 11 is 0. The number of hydrogen-bond acceptors (Lipinski definition) is 7. The molecule has 0 saturated carbocycles. The van der Waals surface area contributed by atoms with Crippen molar-refractivity contribution >= 4 is 32.7 Å². The summed E-state index contributed by atoms with van der Waals surface area (Å²) in [6.07, 6.45) is 2.48. The molecule has 0 N–H and O–H groups in total. The quantitative estimate of drug-likeness (QED) is 0.705. The second-order valence-corrected chi connectivity index (χ2v) is 8.72. The molecule has 1 saturated heterocycles. The fourth-order valence-corrected chi connectivity index (χ4v) is 4.95. The molecule has 1 aromatic heterocycles. The first kappa shape index (κ1) is 19.2. The van der Waals surface area contributed by atoms with Crippen LogP contribution in [0.15, 0.2) is 30.6 Å². The van der Waals surface area contributed by atoms with Crippen LogP contribution in [-0.4, -0.2) is 65.4 Å². The third kappa shape index (κ3) is 4.24. The van der Waals surface area contributed by atoms with Gasteiger partial charge >= 0.3 is 5.97 Å². The first-order chi connectivity index (χ1) is 12.8. The number of hydrogen-bond donors (Lipinski definition) is 0. The fourth-order valence-electron chi connectivity index (χ4n) is 3.22. The molecule has 27 heavy (non-hydrogen) atoms. The molecule has 0 aliphatic carbocycles. The normalized spacial score (nSPS) is 19.6. The van der Waals surface area contributed by atoms with Gasteiger partial charge in [-0.3, -0.25) is 14.8 Å². The lowest BCUT2D eigenvalue weighted by Crippen LogP contribution is -2.46. The van der Waals surface area contributed by atoms with Gasteiger partial charge in [-0.25, -0.2) is 13.2 Å². The minimum Gasteiger partial charge on any atom is -0.449 e. The molecule has 1 fully saturated rings. The van der Waals surface area contributed by atoms with Gasteiger partial charge in [0.15, 0.2) is 15.9 Å². The Labute approximate surface area is 157 Å². The topological polar surface area (TPSA) is 107 Å². The average molecular weight is 391 g/mol.